The van der Waals surface area contributed by atoms with E-state index in [9.17, 15) is 0 Å². The predicted octanol–water partition coefficient (Wildman–Crippen LogP) is 4.54. The van der Waals surface area contributed by atoms with Crippen LogP contribution in [0.1, 0.15) is 33.3 Å². The fourth-order valence-electron chi connectivity index (χ4n) is 2.15. The largest absolute Gasteiger partial charge is 0.494 e. The fourth-order valence-corrected chi connectivity index (χ4v) is 2.15. The van der Waals surface area contributed by atoms with E-state index in [1.807, 2.05) is 6.92 Å². The normalized spacial score (nSPS) is 11.8. The molecule has 90 valence electrons. The molecule has 0 amide bonds. The molecule has 1 heteroatoms. The predicted molar refractivity (Wildman–Crippen MR) is 73.8 cm³/mol. The summed E-state index contributed by atoms with van der Waals surface area (Å²) in [4.78, 5) is 0. The molecule has 0 aliphatic heterocycles. The van der Waals surface area contributed by atoms with E-state index in [1.165, 1.54) is 16.3 Å². The smallest absolute Gasteiger partial charge is 0.120 e. The van der Waals surface area contributed by atoms with Gasteiger partial charge in [-0.3, -0.25) is 0 Å². The van der Waals surface area contributed by atoms with E-state index < -0.39 is 0 Å². The first-order valence-electron chi connectivity index (χ1n) is 6.18. The van der Waals surface area contributed by atoms with Gasteiger partial charge in [-0.25, -0.2) is 0 Å². The van der Waals surface area contributed by atoms with Crippen molar-refractivity contribution in [3.05, 3.63) is 42.0 Å². The molecule has 0 radical (unpaired) electrons. The molecule has 0 aromatic heterocycles. The molecule has 0 bridgehead atoms. The van der Waals surface area contributed by atoms with Gasteiger partial charge in [-0.05, 0) is 40.8 Å². The average Bonchev–Trinajstić information content (AvgIpc) is 2.27. The Morgan fingerprint density at radius 1 is 1.06 bits per heavy atom. The summed E-state index contributed by atoms with van der Waals surface area (Å²) >= 11 is 0. The Kier molecular flexibility index (Phi) is 3.10. The van der Waals surface area contributed by atoms with E-state index in [0.29, 0.717) is 6.61 Å². The molecule has 2 aromatic carbocycles. The van der Waals surface area contributed by atoms with Crippen molar-refractivity contribution in [2.24, 2.45) is 0 Å². The molecule has 0 fully saturated rings. The van der Waals surface area contributed by atoms with Crippen LogP contribution < -0.4 is 4.74 Å². The van der Waals surface area contributed by atoms with Crippen LogP contribution in [0.4, 0.5) is 0 Å². The van der Waals surface area contributed by atoms with Gasteiger partial charge in [0.05, 0.1) is 6.61 Å². The highest BCUT2D eigenvalue weighted by atomic mass is 16.5. The summed E-state index contributed by atoms with van der Waals surface area (Å²) in [5.74, 6) is 0.969. The number of hydrogen-bond donors (Lipinski definition) is 0. The van der Waals surface area contributed by atoms with E-state index in [0.717, 1.165) is 5.75 Å². The Labute approximate surface area is 103 Å². The molecule has 0 spiro atoms. The van der Waals surface area contributed by atoms with Crippen molar-refractivity contribution < 1.29 is 4.74 Å². The first kappa shape index (κ1) is 12.0. The van der Waals surface area contributed by atoms with Gasteiger partial charge in [0.1, 0.15) is 5.75 Å². The first-order valence-corrected chi connectivity index (χ1v) is 6.18. The zero-order valence-corrected chi connectivity index (χ0v) is 11.1. The van der Waals surface area contributed by atoms with Crippen molar-refractivity contribution >= 4 is 10.8 Å². The van der Waals surface area contributed by atoms with Gasteiger partial charge < -0.3 is 4.74 Å². The second kappa shape index (κ2) is 4.40. The molecule has 0 saturated carbocycles. The van der Waals surface area contributed by atoms with Gasteiger partial charge in [0, 0.05) is 0 Å². The zero-order chi connectivity index (χ0) is 12.5. The topological polar surface area (TPSA) is 9.23 Å². The summed E-state index contributed by atoms with van der Waals surface area (Å²) in [7, 11) is 0. The van der Waals surface area contributed by atoms with Crippen LogP contribution in [0.2, 0.25) is 0 Å². The summed E-state index contributed by atoms with van der Waals surface area (Å²) in [6, 6.07) is 12.8. The van der Waals surface area contributed by atoms with Gasteiger partial charge in [0.15, 0.2) is 0 Å². The second-order valence-electron chi connectivity index (χ2n) is 5.37. The SMILES string of the molecule is CCOc1cc(C(C)(C)C)c2ccccc2c1. The Morgan fingerprint density at radius 3 is 2.41 bits per heavy atom. The van der Waals surface area contributed by atoms with Gasteiger partial charge in [0.25, 0.3) is 0 Å². The molecule has 0 N–H and O–H groups in total. The van der Waals surface area contributed by atoms with Gasteiger partial charge in [0.2, 0.25) is 0 Å². The van der Waals surface area contributed by atoms with E-state index in [2.05, 4.69) is 57.2 Å². The maximum atomic E-state index is 5.65. The summed E-state index contributed by atoms with van der Waals surface area (Å²) in [5, 5.41) is 2.58. The van der Waals surface area contributed by atoms with Crippen molar-refractivity contribution in [2.45, 2.75) is 33.1 Å². The minimum Gasteiger partial charge on any atom is -0.494 e. The highest BCUT2D eigenvalue weighted by molar-refractivity contribution is 5.88. The van der Waals surface area contributed by atoms with Crippen molar-refractivity contribution in [3.63, 3.8) is 0 Å². The molecule has 1 nitrogen and oxygen atoms in total. The molecule has 0 saturated heterocycles. The first-order chi connectivity index (χ1) is 8.02. The molecular weight excluding hydrogens is 208 g/mol. The van der Waals surface area contributed by atoms with Crippen molar-refractivity contribution in [2.75, 3.05) is 6.61 Å². The number of benzene rings is 2. The zero-order valence-electron chi connectivity index (χ0n) is 11.1. The van der Waals surface area contributed by atoms with Crippen LogP contribution in [0.25, 0.3) is 10.8 Å². The van der Waals surface area contributed by atoms with Crippen LogP contribution in [0.3, 0.4) is 0 Å². The Balaban J connectivity index is 2.69. The Hall–Kier alpha value is -1.50. The van der Waals surface area contributed by atoms with Crippen LogP contribution in [0, 0.1) is 0 Å². The lowest BCUT2D eigenvalue weighted by atomic mass is 9.83. The quantitative estimate of drug-likeness (QED) is 0.733. The fraction of sp³-hybridized carbons (Fsp3) is 0.375. The van der Waals surface area contributed by atoms with Gasteiger partial charge in [-0.1, -0.05) is 45.0 Å². The number of fused-ring (bicyclic) bond motifs is 1. The third-order valence-electron chi connectivity index (χ3n) is 2.95. The third-order valence-corrected chi connectivity index (χ3v) is 2.95. The third kappa shape index (κ3) is 2.44. The van der Waals surface area contributed by atoms with Crippen LogP contribution in [-0.2, 0) is 5.41 Å². The summed E-state index contributed by atoms with van der Waals surface area (Å²) in [6.07, 6.45) is 0. The molecule has 2 aromatic rings. The van der Waals surface area contributed by atoms with Crippen LogP contribution in [0.5, 0.6) is 5.75 Å². The average molecular weight is 228 g/mol. The molecule has 2 rings (SSSR count). The van der Waals surface area contributed by atoms with Gasteiger partial charge in [-0.15, -0.1) is 0 Å². The monoisotopic (exact) mass is 228 g/mol. The molecule has 17 heavy (non-hydrogen) atoms. The highest BCUT2D eigenvalue weighted by Crippen LogP contribution is 2.33. The summed E-state index contributed by atoms with van der Waals surface area (Å²) in [6.45, 7) is 9.45. The number of ether oxygens (including phenoxy) is 1. The van der Waals surface area contributed by atoms with E-state index >= 15 is 0 Å². The van der Waals surface area contributed by atoms with Crippen LogP contribution in [0.15, 0.2) is 36.4 Å². The number of hydrogen-bond acceptors (Lipinski definition) is 1. The molecule has 0 heterocycles. The van der Waals surface area contributed by atoms with Crippen LogP contribution >= 0.6 is 0 Å². The highest BCUT2D eigenvalue weighted by Gasteiger charge is 2.17. The van der Waals surface area contributed by atoms with Crippen molar-refractivity contribution in [3.8, 4) is 5.75 Å². The molecule has 0 atom stereocenters. The molecule has 0 unspecified atom stereocenters. The van der Waals surface area contributed by atoms with E-state index in [-0.39, 0.29) is 5.41 Å². The van der Waals surface area contributed by atoms with Crippen LogP contribution in [-0.4, -0.2) is 6.61 Å². The maximum absolute atomic E-state index is 5.65. The summed E-state index contributed by atoms with van der Waals surface area (Å²) < 4.78 is 5.65. The maximum Gasteiger partial charge on any atom is 0.120 e. The number of rotatable bonds is 2. The standard InChI is InChI=1S/C16H20O/c1-5-17-13-10-12-8-6-7-9-14(12)15(11-13)16(2,3)4/h6-11H,5H2,1-4H3. The van der Waals surface area contributed by atoms with Crippen molar-refractivity contribution in [1.82, 2.24) is 0 Å². The van der Waals surface area contributed by atoms with Crippen molar-refractivity contribution in [1.29, 1.82) is 0 Å². The summed E-state index contributed by atoms with van der Waals surface area (Å²) in [5.41, 5.74) is 1.48. The minimum absolute atomic E-state index is 0.132. The molecular formula is C16H20O. The minimum atomic E-state index is 0.132. The molecule has 0 aliphatic carbocycles. The Bertz CT molecular complexity index is 521. The lowest BCUT2D eigenvalue weighted by molar-refractivity contribution is 0.339. The van der Waals surface area contributed by atoms with E-state index in [1.54, 1.807) is 0 Å². The van der Waals surface area contributed by atoms with Gasteiger partial charge in [-0.2, -0.15) is 0 Å². The van der Waals surface area contributed by atoms with E-state index in [4.69, 9.17) is 4.74 Å². The lowest BCUT2D eigenvalue weighted by Gasteiger charge is -2.22. The van der Waals surface area contributed by atoms with Gasteiger partial charge >= 0.3 is 0 Å². The lowest BCUT2D eigenvalue weighted by Crippen LogP contribution is -2.12. The second-order valence-corrected chi connectivity index (χ2v) is 5.37. The Morgan fingerprint density at radius 2 is 1.76 bits per heavy atom. The molecule has 0 aliphatic rings.